The van der Waals surface area contributed by atoms with Crippen molar-refractivity contribution in [1.82, 2.24) is 9.97 Å². The Hall–Kier alpha value is -3.48. The van der Waals surface area contributed by atoms with Gasteiger partial charge in [0.25, 0.3) is 0 Å². The minimum atomic E-state index is 0.425. The number of benzene rings is 2. The summed E-state index contributed by atoms with van der Waals surface area (Å²) in [4.78, 5) is 8.41. The highest BCUT2D eigenvalue weighted by Gasteiger charge is 2.09. The quantitative estimate of drug-likeness (QED) is 0.633. The van der Waals surface area contributed by atoms with Gasteiger partial charge in [-0.1, -0.05) is 0 Å². The lowest BCUT2D eigenvalue weighted by Crippen LogP contribution is -2.05. The molecule has 0 saturated heterocycles. The summed E-state index contributed by atoms with van der Waals surface area (Å²) in [7, 11) is 3.25. The van der Waals surface area contributed by atoms with E-state index in [1.165, 1.54) is 6.33 Å². The van der Waals surface area contributed by atoms with Gasteiger partial charge in [-0.25, -0.2) is 9.97 Å². The molecule has 0 radical (unpaired) electrons. The summed E-state index contributed by atoms with van der Waals surface area (Å²) in [6.07, 6.45) is 1.45. The summed E-state index contributed by atoms with van der Waals surface area (Å²) in [5, 5.41) is 6.35. The monoisotopic (exact) mass is 337 g/mol. The summed E-state index contributed by atoms with van der Waals surface area (Å²) in [6.45, 7) is 0. The molecule has 7 heteroatoms. The van der Waals surface area contributed by atoms with Crippen LogP contribution < -0.4 is 25.8 Å². The van der Waals surface area contributed by atoms with E-state index in [1.54, 1.807) is 14.2 Å². The molecule has 0 bridgehead atoms. The van der Waals surface area contributed by atoms with E-state index in [4.69, 9.17) is 15.2 Å². The third-order valence-corrected chi connectivity index (χ3v) is 3.59. The number of rotatable bonds is 6. The second kappa shape index (κ2) is 7.39. The van der Waals surface area contributed by atoms with E-state index in [-0.39, 0.29) is 0 Å². The van der Waals surface area contributed by atoms with Gasteiger partial charge in [0.1, 0.15) is 23.5 Å². The molecule has 3 rings (SSSR count). The number of nitrogens with two attached hydrogens (primary N) is 1. The van der Waals surface area contributed by atoms with Gasteiger partial charge in [-0.15, -0.1) is 0 Å². The van der Waals surface area contributed by atoms with Crippen molar-refractivity contribution in [3.8, 4) is 11.5 Å². The molecule has 25 heavy (non-hydrogen) atoms. The summed E-state index contributed by atoms with van der Waals surface area (Å²) in [6, 6.07) is 15.0. The lowest BCUT2D eigenvalue weighted by Gasteiger charge is -2.13. The van der Waals surface area contributed by atoms with Crippen LogP contribution in [0.3, 0.4) is 0 Å². The number of anilines is 5. The van der Waals surface area contributed by atoms with Gasteiger partial charge in [-0.3, -0.25) is 0 Å². The maximum Gasteiger partial charge on any atom is 0.159 e. The fraction of sp³-hybridized carbons (Fsp3) is 0.111. The fourth-order valence-electron chi connectivity index (χ4n) is 2.22. The zero-order chi connectivity index (χ0) is 17.6. The topological polar surface area (TPSA) is 94.3 Å². The standard InChI is InChI=1S/C18H19N5O2/c1-24-14-7-3-12(4-8-14)22-17-16(19)18(21-11-20-17)23-13-5-9-15(25-2)10-6-13/h3-11H,19H2,1-2H3,(H2,20,21,22,23). The molecule has 3 aromatic rings. The van der Waals surface area contributed by atoms with Gasteiger partial charge in [0.05, 0.1) is 14.2 Å². The van der Waals surface area contributed by atoms with Crippen LogP contribution in [0.2, 0.25) is 0 Å². The number of hydrogen-bond acceptors (Lipinski definition) is 7. The zero-order valence-electron chi connectivity index (χ0n) is 14.0. The maximum atomic E-state index is 6.19. The Balaban J connectivity index is 1.78. The molecule has 0 unspecified atom stereocenters. The predicted molar refractivity (Wildman–Crippen MR) is 99.0 cm³/mol. The van der Waals surface area contributed by atoms with E-state index in [9.17, 15) is 0 Å². The second-order valence-electron chi connectivity index (χ2n) is 5.19. The molecule has 0 aliphatic carbocycles. The maximum absolute atomic E-state index is 6.19. The average Bonchev–Trinajstić information content (AvgIpc) is 2.66. The summed E-state index contributed by atoms with van der Waals surface area (Å²) in [5.41, 5.74) is 8.31. The van der Waals surface area contributed by atoms with Crippen LogP contribution in [0.4, 0.5) is 28.7 Å². The molecule has 0 amide bonds. The Morgan fingerprint density at radius 2 is 1.12 bits per heavy atom. The minimum Gasteiger partial charge on any atom is -0.497 e. The van der Waals surface area contributed by atoms with E-state index >= 15 is 0 Å². The van der Waals surface area contributed by atoms with E-state index in [2.05, 4.69) is 20.6 Å². The van der Waals surface area contributed by atoms with E-state index < -0.39 is 0 Å². The summed E-state index contributed by atoms with van der Waals surface area (Å²) in [5.74, 6) is 2.61. The number of ether oxygens (including phenoxy) is 2. The second-order valence-corrected chi connectivity index (χ2v) is 5.19. The molecule has 7 nitrogen and oxygen atoms in total. The van der Waals surface area contributed by atoms with Crippen LogP contribution >= 0.6 is 0 Å². The van der Waals surface area contributed by atoms with Gasteiger partial charge in [0, 0.05) is 11.4 Å². The van der Waals surface area contributed by atoms with Crippen LogP contribution in [0.5, 0.6) is 11.5 Å². The highest BCUT2D eigenvalue weighted by molar-refractivity contribution is 5.80. The van der Waals surface area contributed by atoms with Crippen LogP contribution in [0.15, 0.2) is 54.9 Å². The highest BCUT2D eigenvalue weighted by atomic mass is 16.5. The molecule has 128 valence electrons. The van der Waals surface area contributed by atoms with Crippen molar-refractivity contribution < 1.29 is 9.47 Å². The molecular formula is C18H19N5O2. The lowest BCUT2D eigenvalue weighted by atomic mass is 10.3. The fourth-order valence-corrected chi connectivity index (χ4v) is 2.22. The van der Waals surface area contributed by atoms with Gasteiger partial charge in [-0.05, 0) is 48.5 Å². The van der Waals surface area contributed by atoms with Crippen LogP contribution in [0, 0.1) is 0 Å². The van der Waals surface area contributed by atoms with Crippen LogP contribution in [-0.4, -0.2) is 24.2 Å². The minimum absolute atomic E-state index is 0.425. The van der Waals surface area contributed by atoms with Crippen molar-refractivity contribution in [2.24, 2.45) is 0 Å². The zero-order valence-corrected chi connectivity index (χ0v) is 14.0. The molecule has 4 N–H and O–H groups in total. The SMILES string of the molecule is COc1ccc(Nc2ncnc(Nc3ccc(OC)cc3)c2N)cc1. The molecular weight excluding hydrogens is 318 g/mol. The Labute approximate surface area is 145 Å². The number of hydrogen-bond donors (Lipinski definition) is 3. The van der Waals surface area contributed by atoms with Crippen molar-refractivity contribution >= 4 is 28.7 Å². The number of nitrogens with one attached hydrogen (secondary N) is 2. The molecule has 2 aromatic carbocycles. The summed E-state index contributed by atoms with van der Waals surface area (Å²) >= 11 is 0. The number of aromatic nitrogens is 2. The van der Waals surface area contributed by atoms with Gasteiger partial charge in [0.15, 0.2) is 11.6 Å². The van der Waals surface area contributed by atoms with Crippen molar-refractivity contribution in [2.45, 2.75) is 0 Å². The Morgan fingerprint density at radius 3 is 1.48 bits per heavy atom. The smallest absolute Gasteiger partial charge is 0.159 e. The van der Waals surface area contributed by atoms with Crippen molar-refractivity contribution in [2.75, 3.05) is 30.6 Å². The number of nitrogens with zero attached hydrogens (tertiary/aromatic N) is 2. The summed E-state index contributed by atoms with van der Waals surface area (Å²) < 4.78 is 10.3. The normalized spacial score (nSPS) is 10.2. The first-order valence-corrected chi connectivity index (χ1v) is 7.62. The van der Waals surface area contributed by atoms with E-state index in [0.29, 0.717) is 17.3 Å². The number of nitrogen functional groups attached to an aromatic ring is 1. The van der Waals surface area contributed by atoms with Gasteiger partial charge >= 0.3 is 0 Å². The lowest BCUT2D eigenvalue weighted by molar-refractivity contribution is 0.415. The van der Waals surface area contributed by atoms with Crippen LogP contribution in [-0.2, 0) is 0 Å². The first-order valence-electron chi connectivity index (χ1n) is 7.62. The van der Waals surface area contributed by atoms with Crippen LogP contribution in [0.1, 0.15) is 0 Å². The Kier molecular flexibility index (Phi) is 4.84. The molecule has 0 atom stereocenters. The number of methoxy groups -OCH3 is 2. The molecule has 0 aliphatic rings. The predicted octanol–water partition coefficient (Wildman–Crippen LogP) is 3.56. The molecule has 0 aliphatic heterocycles. The van der Waals surface area contributed by atoms with Crippen molar-refractivity contribution in [3.63, 3.8) is 0 Å². The molecule has 1 aromatic heterocycles. The average molecular weight is 337 g/mol. The van der Waals surface area contributed by atoms with Crippen LogP contribution in [0.25, 0.3) is 0 Å². The van der Waals surface area contributed by atoms with Gasteiger partial charge in [-0.2, -0.15) is 0 Å². The first kappa shape index (κ1) is 16.4. The largest absolute Gasteiger partial charge is 0.497 e. The third kappa shape index (κ3) is 3.89. The molecule has 0 saturated carbocycles. The van der Waals surface area contributed by atoms with E-state index in [1.807, 2.05) is 48.5 Å². The molecule has 0 spiro atoms. The van der Waals surface area contributed by atoms with Crippen molar-refractivity contribution in [3.05, 3.63) is 54.9 Å². The Bertz CT molecular complexity index is 767. The first-order chi connectivity index (χ1) is 12.2. The van der Waals surface area contributed by atoms with Crippen molar-refractivity contribution in [1.29, 1.82) is 0 Å². The highest BCUT2D eigenvalue weighted by Crippen LogP contribution is 2.29. The third-order valence-electron chi connectivity index (χ3n) is 3.59. The molecule has 0 fully saturated rings. The molecule has 1 heterocycles. The van der Waals surface area contributed by atoms with E-state index in [0.717, 1.165) is 22.9 Å². The Morgan fingerprint density at radius 1 is 0.720 bits per heavy atom. The van der Waals surface area contributed by atoms with Gasteiger partial charge < -0.3 is 25.8 Å². The van der Waals surface area contributed by atoms with Gasteiger partial charge in [0.2, 0.25) is 0 Å².